The lowest BCUT2D eigenvalue weighted by atomic mass is 9.88. The first kappa shape index (κ1) is 17.8. The molecule has 5 heteroatoms. The van der Waals surface area contributed by atoms with E-state index in [1.165, 1.54) is 12.3 Å². The zero-order valence-electron chi connectivity index (χ0n) is 22.6. The highest BCUT2D eigenvalue weighted by atomic mass is 32.1. The average Bonchev–Trinajstić information content (AvgIpc) is 3.13. The van der Waals surface area contributed by atoms with E-state index >= 15 is 0 Å². The second kappa shape index (κ2) is 8.04. The van der Waals surface area contributed by atoms with Gasteiger partial charge in [-0.3, -0.25) is 4.98 Å². The summed E-state index contributed by atoms with van der Waals surface area (Å²) in [6.07, 6.45) is -3.17. The molecule has 4 rings (SSSR count). The van der Waals surface area contributed by atoms with Gasteiger partial charge in [0.1, 0.15) is 0 Å². The van der Waals surface area contributed by atoms with E-state index in [0.717, 1.165) is 22.5 Å². The quantitative estimate of drug-likeness (QED) is 0.299. The topological polar surface area (TPSA) is 12.9 Å². The first-order chi connectivity index (χ1) is 16.6. The number of hydrogen-bond acceptors (Lipinski definition) is 2. The molecule has 0 aliphatic heterocycles. The first-order valence-corrected chi connectivity index (χ1v) is 11.1. The molecular formula is C27H26F3NS. The zero-order chi connectivity index (χ0) is 26.7. The summed E-state index contributed by atoms with van der Waals surface area (Å²) in [5.74, 6) is 0. The van der Waals surface area contributed by atoms with Crippen molar-refractivity contribution in [2.75, 3.05) is 0 Å². The minimum absolute atomic E-state index is 0.0673. The number of thiophene rings is 1. The molecule has 0 radical (unpaired) electrons. The maximum atomic E-state index is 14.5. The Hall–Kier alpha value is -2.66. The smallest absolute Gasteiger partial charge is 0.255 e. The van der Waals surface area contributed by atoms with Crippen molar-refractivity contribution in [3.05, 3.63) is 76.9 Å². The fraction of sp³-hybridized carbons (Fsp3) is 0.296. The summed E-state index contributed by atoms with van der Waals surface area (Å²) in [7, 11) is 0. The standard InChI is InChI=1S/C27H26F3NS/c1-16-12-17(2)14-20(13-16)23-25-21(10-11-31-23)22(27(28,29)30)24(32-25)19-8-6-18(7-9-19)15-26(3,4)5/h6-14H,15H2,1-5H3/i6D,7D,8D,9D. The molecule has 1 nitrogen and oxygen atoms in total. The third-order valence-electron chi connectivity index (χ3n) is 4.99. The Morgan fingerprint density at radius 1 is 0.938 bits per heavy atom. The lowest BCUT2D eigenvalue weighted by Crippen LogP contribution is -2.09. The van der Waals surface area contributed by atoms with E-state index in [2.05, 4.69) is 4.98 Å². The average molecular weight is 458 g/mol. The van der Waals surface area contributed by atoms with E-state index in [4.69, 9.17) is 5.48 Å². The Morgan fingerprint density at radius 2 is 1.56 bits per heavy atom. The van der Waals surface area contributed by atoms with Crippen molar-refractivity contribution in [1.82, 2.24) is 4.98 Å². The first-order valence-electron chi connectivity index (χ1n) is 12.3. The highest BCUT2D eigenvalue weighted by molar-refractivity contribution is 7.23. The van der Waals surface area contributed by atoms with Crippen molar-refractivity contribution in [2.45, 2.75) is 47.2 Å². The van der Waals surface area contributed by atoms with Gasteiger partial charge in [-0.15, -0.1) is 11.3 Å². The van der Waals surface area contributed by atoms with Crippen LogP contribution in [0.5, 0.6) is 0 Å². The van der Waals surface area contributed by atoms with Crippen molar-refractivity contribution in [3.63, 3.8) is 0 Å². The lowest BCUT2D eigenvalue weighted by molar-refractivity contribution is -0.135. The third-order valence-corrected chi connectivity index (χ3v) is 6.22. The number of aromatic nitrogens is 1. The molecule has 0 atom stereocenters. The van der Waals surface area contributed by atoms with E-state index in [9.17, 15) is 13.2 Å². The van der Waals surface area contributed by atoms with Crippen LogP contribution in [0.3, 0.4) is 0 Å². The molecule has 2 aromatic heterocycles. The molecule has 0 amide bonds. The van der Waals surface area contributed by atoms with Gasteiger partial charge in [-0.05, 0) is 55.0 Å². The highest BCUT2D eigenvalue weighted by Crippen LogP contribution is 2.49. The number of halogens is 3. The van der Waals surface area contributed by atoms with Gasteiger partial charge in [0.2, 0.25) is 0 Å². The van der Waals surface area contributed by atoms with E-state index in [1.807, 2.05) is 52.8 Å². The molecule has 32 heavy (non-hydrogen) atoms. The second-order valence-electron chi connectivity index (χ2n) is 9.31. The number of benzene rings is 2. The molecule has 166 valence electrons. The number of hydrogen-bond donors (Lipinski definition) is 0. The summed E-state index contributed by atoms with van der Waals surface area (Å²) in [5, 5.41) is -0.0673. The zero-order valence-corrected chi connectivity index (χ0v) is 19.4. The molecule has 0 unspecified atom stereocenters. The largest absolute Gasteiger partial charge is 0.418 e. The van der Waals surface area contributed by atoms with Gasteiger partial charge in [0, 0.05) is 22.0 Å². The number of fused-ring (bicyclic) bond motifs is 1. The monoisotopic (exact) mass is 457 g/mol. The highest BCUT2D eigenvalue weighted by Gasteiger charge is 2.38. The Bertz CT molecular complexity index is 1450. The van der Waals surface area contributed by atoms with Crippen molar-refractivity contribution in [2.24, 2.45) is 5.41 Å². The Balaban J connectivity index is 2.09. The number of nitrogens with zero attached hydrogens (tertiary/aromatic N) is 1. The van der Waals surface area contributed by atoms with Crippen LogP contribution in [-0.2, 0) is 12.6 Å². The molecule has 0 aliphatic carbocycles. The molecule has 0 saturated carbocycles. The van der Waals surface area contributed by atoms with Gasteiger partial charge in [0.15, 0.2) is 0 Å². The fourth-order valence-corrected chi connectivity index (χ4v) is 5.15. The van der Waals surface area contributed by atoms with E-state index in [0.29, 0.717) is 16.0 Å². The van der Waals surface area contributed by atoms with Crippen molar-refractivity contribution in [3.8, 4) is 21.7 Å². The predicted molar refractivity (Wildman–Crippen MR) is 128 cm³/mol. The van der Waals surface area contributed by atoms with Crippen LogP contribution < -0.4 is 0 Å². The van der Waals surface area contributed by atoms with Crippen LogP contribution in [0.4, 0.5) is 13.2 Å². The molecule has 2 aromatic carbocycles. The Kier molecular flexibility index (Phi) is 4.48. The summed E-state index contributed by atoms with van der Waals surface area (Å²) in [4.78, 5) is 4.08. The maximum Gasteiger partial charge on any atom is 0.418 e. The van der Waals surface area contributed by atoms with Gasteiger partial charge in [-0.2, -0.15) is 13.2 Å². The Morgan fingerprint density at radius 3 is 2.12 bits per heavy atom. The van der Waals surface area contributed by atoms with Crippen molar-refractivity contribution < 1.29 is 18.7 Å². The fourth-order valence-electron chi connectivity index (χ4n) is 3.87. The van der Waals surface area contributed by atoms with Gasteiger partial charge in [0.05, 0.1) is 21.4 Å². The summed E-state index contributed by atoms with van der Waals surface area (Å²) in [5.41, 5.74) is 1.56. The molecule has 0 aliphatic rings. The minimum Gasteiger partial charge on any atom is -0.255 e. The van der Waals surface area contributed by atoms with Gasteiger partial charge in [-0.1, -0.05) is 62.1 Å². The lowest BCUT2D eigenvalue weighted by Gasteiger charge is -2.18. The number of pyridine rings is 1. The number of aryl methyl sites for hydroxylation is 2. The molecule has 0 bridgehead atoms. The minimum atomic E-state index is -4.78. The van der Waals surface area contributed by atoms with Crippen LogP contribution in [-0.4, -0.2) is 4.98 Å². The molecule has 2 heterocycles. The second-order valence-corrected chi connectivity index (χ2v) is 10.3. The molecule has 0 saturated heterocycles. The number of rotatable bonds is 3. The summed E-state index contributed by atoms with van der Waals surface area (Å²) < 4.78 is 78.0. The van der Waals surface area contributed by atoms with Crippen LogP contribution in [0.25, 0.3) is 31.8 Å². The van der Waals surface area contributed by atoms with Crippen LogP contribution in [0.15, 0.2) is 54.6 Å². The van der Waals surface area contributed by atoms with Gasteiger partial charge in [0.25, 0.3) is 0 Å². The van der Waals surface area contributed by atoms with Crippen LogP contribution in [0.1, 0.15) is 48.5 Å². The van der Waals surface area contributed by atoms with E-state index in [1.54, 1.807) is 0 Å². The van der Waals surface area contributed by atoms with Gasteiger partial charge in [-0.25, -0.2) is 0 Å². The molecule has 0 spiro atoms. The van der Waals surface area contributed by atoms with Gasteiger partial charge < -0.3 is 0 Å². The summed E-state index contributed by atoms with van der Waals surface area (Å²) in [6, 6.07) is 5.44. The summed E-state index contributed by atoms with van der Waals surface area (Å²) >= 11 is 0.813. The van der Waals surface area contributed by atoms with E-state index < -0.39 is 23.8 Å². The van der Waals surface area contributed by atoms with Crippen LogP contribution >= 0.6 is 11.3 Å². The number of alkyl halides is 3. The third kappa shape index (κ3) is 4.58. The normalized spacial score (nSPS) is 14.2. The summed E-state index contributed by atoms with van der Waals surface area (Å²) in [6.45, 7) is 9.52. The maximum absolute atomic E-state index is 14.5. The van der Waals surface area contributed by atoms with Crippen LogP contribution in [0, 0.1) is 19.3 Å². The molecular weight excluding hydrogens is 427 g/mol. The molecule has 0 N–H and O–H groups in total. The molecule has 0 fully saturated rings. The predicted octanol–water partition coefficient (Wildman–Crippen LogP) is 8.85. The van der Waals surface area contributed by atoms with Gasteiger partial charge >= 0.3 is 6.18 Å². The van der Waals surface area contributed by atoms with Crippen molar-refractivity contribution >= 4 is 21.4 Å². The SMILES string of the molecule is [2H]c1c([2H])c(-c2sc3c(-c4cc(C)cc(C)c4)nccc3c2C(F)(F)F)c([2H])c([2H])c1CC(C)(C)C. The van der Waals surface area contributed by atoms with Crippen molar-refractivity contribution in [1.29, 1.82) is 0 Å². The molecule has 4 aromatic rings. The Labute approximate surface area is 196 Å². The van der Waals surface area contributed by atoms with E-state index in [-0.39, 0.29) is 45.3 Å². The van der Waals surface area contributed by atoms with Crippen LogP contribution in [0.2, 0.25) is 0 Å².